The number of nitrogens with zero attached hydrogens (tertiary/aromatic N) is 3. The highest BCUT2D eigenvalue weighted by molar-refractivity contribution is 7.92. The van der Waals surface area contributed by atoms with E-state index in [2.05, 4.69) is 35.5 Å². The number of para-hydroxylation sites is 2. The Morgan fingerprint density at radius 2 is 1.80 bits per heavy atom. The zero-order chi connectivity index (χ0) is 31.5. The molecule has 1 saturated heterocycles. The Bertz CT molecular complexity index is 1730. The molecule has 2 aromatic carbocycles. The van der Waals surface area contributed by atoms with Crippen LogP contribution in [0.3, 0.4) is 0 Å². The van der Waals surface area contributed by atoms with E-state index < -0.39 is 10.0 Å². The number of rotatable bonds is 10. The summed E-state index contributed by atoms with van der Waals surface area (Å²) < 4.78 is 54.4. The van der Waals surface area contributed by atoms with Crippen LogP contribution in [0.4, 0.5) is 5.82 Å². The predicted molar refractivity (Wildman–Crippen MR) is 165 cm³/mol. The van der Waals surface area contributed by atoms with E-state index in [0.29, 0.717) is 34.1 Å². The smallest absolute Gasteiger partial charge is 0.263 e. The van der Waals surface area contributed by atoms with Gasteiger partial charge in [0.25, 0.3) is 15.9 Å². The second-order valence-electron chi connectivity index (χ2n) is 11.5. The van der Waals surface area contributed by atoms with Gasteiger partial charge in [-0.1, -0.05) is 45.0 Å². The van der Waals surface area contributed by atoms with E-state index in [1.165, 1.54) is 13.3 Å². The van der Waals surface area contributed by atoms with Gasteiger partial charge in [0.15, 0.2) is 35.0 Å². The Hall–Kier alpha value is -4.42. The molecular formula is C32H36N4O7S. The first-order chi connectivity index (χ1) is 20.9. The van der Waals surface area contributed by atoms with E-state index in [1.54, 1.807) is 67.6 Å². The maximum absolute atomic E-state index is 13.8. The summed E-state index contributed by atoms with van der Waals surface area (Å²) in [7, 11) is -2.65. The van der Waals surface area contributed by atoms with E-state index in [4.69, 9.17) is 18.9 Å². The monoisotopic (exact) mass is 620 g/mol. The minimum absolute atomic E-state index is 0.00584. The lowest BCUT2D eigenvalue weighted by molar-refractivity contribution is -0.612. The third kappa shape index (κ3) is 7.03. The molecule has 0 saturated carbocycles. The number of sulfonamides is 1. The first-order valence-electron chi connectivity index (χ1n) is 14.3. The largest absolute Gasteiger partial charge is 0.619 e. The van der Waals surface area contributed by atoms with Crippen molar-refractivity contribution >= 4 is 15.8 Å². The summed E-state index contributed by atoms with van der Waals surface area (Å²) >= 11 is 0. The van der Waals surface area contributed by atoms with Gasteiger partial charge in [-0.3, -0.25) is 4.72 Å². The van der Waals surface area contributed by atoms with Crippen molar-refractivity contribution in [1.82, 2.24) is 9.97 Å². The fourth-order valence-corrected chi connectivity index (χ4v) is 5.65. The third-order valence-corrected chi connectivity index (χ3v) is 8.52. The molecule has 11 nitrogen and oxygen atoms in total. The second-order valence-corrected chi connectivity index (χ2v) is 13.2. The van der Waals surface area contributed by atoms with Crippen LogP contribution in [0.15, 0.2) is 71.8 Å². The standard InChI is InChI=1S/C32H36N4O7S/c1-21-19-22(16-17-36(21)37)29-33-30(35-44(38,39)25-14-12-23(13-15-25)32(2,3)4)28(43-27-11-7-6-10-26(27)40-5)31(34-29)42-20-24-9-8-18-41-24/h6-7,10-17,19,24H,8-9,18,20H2,1-5H3,(H,33,34,35). The molecule has 0 spiro atoms. The quantitative estimate of drug-likeness (QED) is 0.179. The number of hydrogen-bond donors (Lipinski definition) is 1. The number of ether oxygens (including phenoxy) is 4. The molecule has 232 valence electrons. The van der Waals surface area contributed by atoms with Crippen LogP contribution in [0.25, 0.3) is 11.4 Å². The number of hydrogen-bond acceptors (Lipinski definition) is 9. The summed E-state index contributed by atoms with van der Waals surface area (Å²) in [5.74, 6) is 0.619. The summed E-state index contributed by atoms with van der Waals surface area (Å²) in [6, 6.07) is 16.7. The topological polar surface area (TPSA) is 136 Å². The number of benzene rings is 2. The van der Waals surface area contributed by atoms with E-state index in [-0.39, 0.29) is 46.3 Å². The van der Waals surface area contributed by atoms with Crippen LogP contribution in [0.1, 0.15) is 44.9 Å². The van der Waals surface area contributed by atoms with Crippen molar-refractivity contribution in [2.45, 2.75) is 57.0 Å². The summed E-state index contributed by atoms with van der Waals surface area (Å²) in [6.07, 6.45) is 2.89. The number of pyridine rings is 1. The number of aromatic nitrogens is 3. The molecule has 3 heterocycles. The average Bonchev–Trinajstić information content (AvgIpc) is 3.52. The molecule has 2 aromatic heterocycles. The van der Waals surface area contributed by atoms with Gasteiger partial charge >= 0.3 is 0 Å². The van der Waals surface area contributed by atoms with Crippen LogP contribution < -0.4 is 23.7 Å². The Morgan fingerprint density at radius 3 is 2.43 bits per heavy atom. The lowest BCUT2D eigenvalue weighted by Crippen LogP contribution is -2.28. The Labute approximate surface area is 257 Å². The van der Waals surface area contributed by atoms with E-state index in [9.17, 15) is 13.6 Å². The fourth-order valence-electron chi connectivity index (χ4n) is 4.64. The molecule has 1 unspecified atom stereocenters. The van der Waals surface area contributed by atoms with Gasteiger partial charge in [-0.05, 0) is 48.1 Å². The van der Waals surface area contributed by atoms with Gasteiger partial charge in [-0.25, -0.2) is 13.4 Å². The van der Waals surface area contributed by atoms with Crippen molar-refractivity contribution < 1.29 is 32.1 Å². The van der Waals surface area contributed by atoms with Crippen LogP contribution in [0.2, 0.25) is 0 Å². The molecule has 1 N–H and O–H groups in total. The Morgan fingerprint density at radius 1 is 1.07 bits per heavy atom. The van der Waals surface area contributed by atoms with Crippen LogP contribution in [-0.4, -0.2) is 44.8 Å². The molecule has 0 bridgehead atoms. The van der Waals surface area contributed by atoms with Gasteiger partial charge in [0, 0.05) is 31.2 Å². The molecule has 44 heavy (non-hydrogen) atoms. The van der Waals surface area contributed by atoms with Crippen LogP contribution in [0, 0.1) is 12.1 Å². The highest BCUT2D eigenvalue weighted by Crippen LogP contribution is 2.42. The van der Waals surface area contributed by atoms with Gasteiger partial charge in [0.2, 0.25) is 5.75 Å². The van der Waals surface area contributed by atoms with Crippen molar-refractivity contribution in [2.24, 2.45) is 0 Å². The first-order valence-corrected chi connectivity index (χ1v) is 15.7. The maximum atomic E-state index is 13.8. The van der Waals surface area contributed by atoms with Crippen molar-refractivity contribution in [3.05, 3.63) is 83.3 Å². The molecule has 12 heteroatoms. The third-order valence-electron chi connectivity index (χ3n) is 7.17. The Kier molecular flexibility index (Phi) is 8.93. The van der Waals surface area contributed by atoms with Gasteiger partial charge in [-0.15, -0.1) is 0 Å². The predicted octanol–water partition coefficient (Wildman–Crippen LogP) is 5.54. The van der Waals surface area contributed by atoms with Crippen LogP contribution >= 0.6 is 0 Å². The molecule has 1 aliphatic rings. The van der Waals surface area contributed by atoms with E-state index in [1.807, 2.05) is 0 Å². The molecule has 1 fully saturated rings. The molecule has 0 radical (unpaired) electrons. The van der Waals surface area contributed by atoms with Crippen LogP contribution in [-0.2, 0) is 20.2 Å². The lowest BCUT2D eigenvalue weighted by Gasteiger charge is -2.20. The van der Waals surface area contributed by atoms with Gasteiger partial charge in [0.05, 0.1) is 18.1 Å². The van der Waals surface area contributed by atoms with Gasteiger partial charge < -0.3 is 24.2 Å². The molecule has 0 amide bonds. The zero-order valence-electron chi connectivity index (χ0n) is 25.4. The number of nitrogens with one attached hydrogen (secondary N) is 1. The highest BCUT2D eigenvalue weighted by Gasteiger charge is 2.27. The van der Waals surface area contributed by atoms with E-state index in [0.717, 1.165) is 18.4 Å². The summed E-state index contributed by atoms with van der Waals surface area (Å²) in [6.45, 7) is 8.59. The van der Waals surface area contributed by atoms with Crippen molar-refractivity contribution in [2.75, 3.05) is 25.0 Å². The van der Waals surface area contributed by atoms with Crippen molar-refractivity contribution in [1.29, 1.82) is 0 Å². The SMILES string of the molecule is COc1ccccc1Oc1c(NS(=O)(=O)c2ccc(C(C)(C)C)cc2)nc(-c2cc[n+]([O-])c(C)c2)nc1OCC1CCCO1. The number of anilines is 1. The van der Waals surface area contributed by atoms with Crippen LogP contribution in [0.5, 0.6) is 23.1 Å². The fraction of sp³-hybridized carbons (Fsp3) is 0.344. The first kappa shape index (κ1) is 31.0. The highest BCUT2D eigenvalue weighted by atomic mass is 32.2. The minimum Gasteiger partial charge on any atom is -0.619 e. The average molecular weight is 621 g/mol. The molecule has 4 aromatic rings. The minimum atomic E-state index is -4.15. The van der Waals surface area contributed by atoms with Gasteiger partial charge in [-0.2, -0.15) is 9.71 Å². The summed E-state index contributed by atoms with van der Waals surface area (Å²) in [5.41, 5.74) is 1.72. The molecule has 0 aliphatic carbocycles. The molecule has 5 rings (SSSR count). The summed E-state index contributed by atoms with van der Waals surface area (Å²) in [4.78, 5) is 9.25. The zero-order valence-corrected chi connectivity index (χ0v) is 26.2. The molecule has 1 aliphatic heterocycles. The summed E-state index contributed by atoms with van der Waals surface area (Å²) in [5, 5.41) is 12.0. The van der Waals surface area contributed by atoms with Crippen molar-refractivity contribution in [3.8, 4) is 34.5 Å². The number of methoxy groups -OCH3 is 1. The Balaban J connectivity index is 1.64. The lowest BCUT2D eigenvalue weighted by atomic mass is 9.87. The molecule has 1 atom stereocenters. The molecular weight excluding hydrogens is 584 g/mol. The maximum Gasteiger partial charge on any atom is 0.263 e. The van der Waals surface area contributed by atoms with Gasteiger partial charge in [0.1, 0.15) is 6.61 Å². The second kappa shape index (κ2) is 12.7. The number of aryl methyl sites for hydroxylation is 1. The normalized spacial score (nSPS) is 15.2. The van der Waals surface area contributed by atoms with E-state index >= 15 is 0 Å². The van der Waals surface area contributed by atoms with Crippen molar-refractivity contribution in [3.63, 3.8) is 0 Å².